The molecule has 0 unspecified atom stereocenters. The SMILES string of the molecule is Cc1csc(CC(=O)c2cc(-c3cnccc3C3CC3)cn3ccnc23)n1. The summed E-state index contributed by atoms with van der Waals surface area (Å²) in [6, 6.07) is 4.07. The van der Waals surface area contributed by atoms with Gasteiger partial charge in [-0.05, 0) is 43.4 Å². The van der Waals surface area contributed by atoms with Crippen LogP contribution in [0.15, 0.2) is 48.5 Å². The molecule has 4 aromatic heterocycles. The summed E-state index contributed by atoms with van der Waals surface area (Å²) in [6.07, 6.45) is 12.2. The monoisotopic (exact) mass is 374 g/mol. The highest BCUT2D eigenvalue weighted by Crippen LogP contribution is 2.44. The van der Waals surface area contributed by atoms with Gasteiger partial charge in [-0.15, -0.1) is 11.3 Å². The molecule has 1 aliphatic rings. The van der Waals surface area contributed by atoms with Crippen LogP contribution in [0.1, 0.15) is 45.4 Å². The molecule has 1 saturated carbocycles. The Balaban J connectivity index is 1.60. The topological polar surface area (TPSA) is 60.2 Å². The molecule has 0 saturated heterocycles. The lowest BCUT2D eigenvalue weighted by molar-refractivity contribution is 0.0994. The molecule has 5 rings (SSSR count). The molecule has 0 atom stereocenters. The van der Waals surface area contributed by atoms with Crippen molar-refractivity contribution >= 4 is 22.8 Å². The van der Waals surface area contributed by atoms with Crippen molar-refractivity contribution in [3.05, 3.63) is 70.3 Å². The Labute approximate surface area is 160 Å². The molecule has 0 N–H and O–H groups in total. The lowest BCUT2D eigenvalue weighted by atomic mass is 9.98. The van der Waals surface area contributed by atoms with E-state index in [1.54, 1.807) is 6.20 Å². The number of hydrogen-bond donors (Lipinski definition) is 0. The van der Waals surface area contributed by atoms with Crippen molar-refractivity contribution < 1.29 is 4.79 Å². The summed E-state index contributed by atoms with van der Waals surface area (Å²) in [5.41, 5.74) is 5.71. The first-order valence-electron chi connectivity index (χ1n) is 9.04. The molecule has 5 nitrogen and oxygen atoms in total. The van der Waals surface area contributed by atoms with Crippen LogP contribution in [0.3, 0.4) is 0 Å². The van der Waals surface area contributed by atoms with Gasteiger partial charge in [0.25, 0.3) is 0 Å². The van der Waals surface area contributed by atoms with Crippen LogP contribution < -0.4 is 0 Å². The van der Waals surface area contributed by atoms with E-state index in [1.807, 2.05) is 47.6 Å². The maximum absolute atomic E-state index is 13.0. The lowest BCUT2D eigenvalue weighted by Gasteiger charge is -2.11. The fourth-order valence-corrected chi connectivity index (χ4v) is 4.27. The van der Waals surface area contributed by atoms with E-state index in [1.165, 1.54) is 29.7 Å². The van der Waals surface area contributed by atoms with Gasteiger partial charge in [0, 0.05) is 53.2 Å². The van der Waals surface area contributed by atoms with Gasteiger partial charge in [-0.25, -0.2) is 9.97 Å². The van der Waals surface area contributed by atoms with E-state index in [2.05, 4.69) is 21.0 Å². The highest BCUT2D eigenvalue weighted by Gasteiger charge is 2.27. The van der Waals surface area contributed by atoms with Crippen LogP contribution in [0.2, 0.25) is 0 Å². The van der Waals surface area contributed by atoms with Crippen molar-refractivity contribution in [2.75, 3.05) is 0 Å². The number of ketones is 1. The van der Waals surface area contributed by atoms with Crippen molar-refractivity contribution in [2.45, 2.75) is 32.1 Å². The molecule has 4 aromatic rings. The minimum Gasteiger partial charge on any atom is -0.306 e. The first kappa shape index (κ1) is 16.3. The van der Waals surface area contributed by atoms with Gasteiger partial charge >= 0.3 is 0 Å². The van der Waals surface area contributed by atoms with Crippen molar-refractivity contribution in [1.82, 2.24) is 19.4 Å². The standard InChI is InChI=1S/C21H18N4OS/c1-13-12-27-20(24-13)9-19(26)17-8-15(11-25-7-6-23-21(17)25)18-10-22-5-4-16(18)14-2-3-14/h4-8,10-12,14H,2-3,9H2,1H3. The van der Waals surface area contributed by atoms with Crippen LogP contribution in [0.4, 0.5) is 0 Å². The molecule has 0 bridgehead atoms. The number of imidazole rings is 1. The van der Waals surface area contributed by atoms with E-state index in [4.69, 9.17) is 0 Å². The second-order valence-corrected chi connectivity index (χ2v) is 7.96. The number of carbonyl (C=O) groups excluding carboxylic acids is 1. The Morgan fingerprint density at radius 2 is 2.22 bits per heavy atom. The average Bonchev–Trinajstić information content (AvgIpc) is 3.28. The predicted octanol–water partition coefficient (Wildman–Crippen LogP) is 4.46. The number of nitrogens with zero attached hydrogens (tertiary/aromatic N) is 4. The van der Waals surface area contributed by atoms with E-state index in [0.717, 1.165) is 21.8 Å². The van der Waals surface area contributed by atoms with Crippen LogP contribution >= 0.6 is 11.3 Å². The maximum Gasteiger partial charge on any atom is 0.173 e. The fraction of sp³-hybridized carbons (Fsp3) is 0.238. The first-order valence-corrected chi connectivity index (χ1v) is 9.92. The molecule has 0 aromatic carbocycles. The highest BCUT2D eigenvalue weighted by molar-refractivity contribution is 7.09. The number of pyridine rings is 2. The third kappa shape index (κ3) is 3.06. The molecule has 27 heavy (non-hydrogen) atoms. The molecule has 0 aliphatic heterocycles. The molecule has 1 fully saturated rings. The van der Waals surface area contributed by atoms with Gasteiger partial charge in [0.1, 0.15) is 10.7 Å². The second-order valence-electron chi connectivity index (χ2n) is 7.02. The molecule has 4 heterocycles. The Morgan fingerprint density at radius 1 is 1.33 bits per heavy atom. The molecule has 134 valence electrons. The summed E-state index contributed by atoms with van der Waals surface area (Å²) in [5, 5.41) is 2.81. The molecule has 0 radical (unpaired) electrons. The summed E-state index contributed by atoms with van der Waals surface area (Å²) in [7, 11) is 0. The van der Waals surface area contributed by atoms with Crippen LogP contribution in [0.25, 0.3) is 16.8 Å². The van der Waals surface area contributed by atoms with Gasteiger partial charge in [0.2, 0.25) is 0 Å². The van der Waals surface area contributed by atoms with Gasteiger partial charge in [0.15, 0.2) is 5.78 Å². The zero-order chi connectivity index (χ0) is 18.4. The van der Waals surface area contributed by atoms with Gasteiger partial charge in [-0.2, -0.15) is 0 Å². The van der Waals surface area contributed by atoms with Gasteiger partial charge in [0.05, 0.1) is 12.0 Å². The average molecular weight is 374 g/mol. The summed E-state index contributed by atoms with van der Waals surface area (Å²) in [4.78, 5) is 26.2. The number of thiazole rings is 1. The Kier molecular flexibility index (Phi) is 3.86. The minimum absolute atomic E-state index is 0.0410. The predicted molar refractivity (Wildman–Crippen MR) is 105 cm³/mol. The number of rotatable bonds is 5. The maximum atomic E-state index is 13.0. The summed E-state index contributed by atoms with van der Waals surface area (Å²) >= 11 is 1.53. The number of aryl methyl sites for hydroxylation is 1. The molecule has 1 aliphatic carbocycles. The zero-order valence-corrected chi connectivity index (χ0v) is 15.7. The number of hydrogen-bond acceptors (Lipinski definition) is 5. The van der Waals surface area contributed by atoms with E-state index in [-0.39, 0.29) is 5.78 Å². The van der Waals surface area contributed by atoms with E-state index < -0.39 is 0 Å². The number of Topliss-reactive ketones (excluding diaryl/α,β-unsaturated/α-hetero) is 1. The third-order valence-corrected chi connectivity index (χ3v) is 5.92. The molecule has 0 spiro atoms. The minimum atomic E-state index is 0.0410. The normalized spacial score (nSPS) is 14.0. The smallest absolute Gasteiger partial charge is 0.173 e. The second kappa shape index (κ2) is 6.39. The van der Waals surface area contributed by atoms with Crippen LogP contribution in [0.5, 0.6) is 0 Å². The van der Waals surface area contributed by atoms with Crippen molar-refractivity contribution in [3.8, 4) is 11.1 Å². The molecule has 6 heteroatoms. The molecular weight excluding hydrogens is 356 g/mol. The number of carbonyl (C=O) groups is 1. The number of aromatic nitrogens is 4. The lowest BCUT2D eigenvalue weighted by Crippen LogP contribution is -2.07. The number of fused-ring (bicyclic) bond motifs is 1. The van der Waals surface area contributed by atoms with Crippen LogP contribution in [-0.4, -0.2) is 25.1 Å². The summed E-state index contributed by atoms with van der Waals surface area (Å²) in [5.74, 6) is 0.651. The third-order valence-electron chi connectivity index (χ3n) is 4.95. The van der Waals surface area contributed by atoms with E-state index >= 15 is 0 Å². The van der Waals surface area contributed by atoms with E-state index in [9.17, 15) is 4.79 Å². The fourth-order valence-electron chi connectivity index (χ4n) is 3.50. The van der Waals surface area contributed by atoms with Gasteiger partial charge in [-0.1, -0.05) is 0 Å². The first-order chi connectivity index (χ1) is 13.2. The summed E-state index contributed by atoms with van der Waals surface area (Å²) < 4.78 is 1.93. The largest absolute Gasteiger partial charge is 0.306 e. The van der Waals surface area contributed by atoms with Crippen molar-refractivity contribution in [3.63, 3.8) is 0 Å². The molecule has 0 amide bonds. The molecular formula is C21H18N4OS. The van der Waals surface area contributed by atoms with Gasteiger partial charge < -0.3 is 4.40 Å². The summed E-state index contributed by atoms with van der Waals surface area (Å²) in [6.45, 7) is 1.94. The van der Waals surface area contributed by atoms with Crippen LogP contribution in [-0.2, 0) is 6.42 Å². The Hall–Kier alpha value is -2.86. The Bertz CT molecular complexity index is 1160. The van der Waals surface area contributed by atoms with Crippen molar-refractivity contribution in [2.24, 2.45) is 0 Å². The zero-order valence-electron chi connectivity index (χ0n) is 14.9. The van der Waals surface area contributed by atoms with Gasteiger partial charge in [-0.3, -0.25) is 9.78 Å². The van der Waals surface area contributed by atoms with Crippen LogP contribution in [0, 0.1) is 6.92 Å². The highest BCUT2D eigenvalue weighted by atomic mass is 32.1. The van der Waals surface area contributed by atoms with Crippen molar-refractivity contribution in [1.29, 1.82) is 0 Å². The Morgan fingerprint density at radius 3 is 3.00 bits per heavy atom. The quantitative estimate of drug-likeness (QED) is 0.484. The van der Waals surface area contributed by atoms with E-state index in [0.29, 0.717) is 23.5 Å².